The number of pyridine rings is 1. The molecule has 2 heterocycles. The molecule has 3 rings (SSSR count). The zero-order valence-electron chi connectivity index (χ0n) is 10.3. The molecule has 0 aliphatic heterocycles. The Bertz CT molecular complexity index is 770. The summed E-state index contributed by atoms with van der Waals surface area (Å²) in [6.45, 7) is 0.291. The molecule has 0 radical (unpaired) electrons. The van der Waals surface area contributed by atoms with Gasteiger partial charge in [0.25, 0.3) is 0 Å². The second-order valence-corrected chi connectivity index (χ2v) is 4.76. The van der Waals surface area contributed by atoms with Crippen LogP contribution in [0.3, 0.4) is 0 Å². The molecule has 0 atom stereocenters. The number of aromatic nitrogens is 2. The lowest BCUT2D eigenvalue weighted by Gasteiger charge is -2.05. The van der Waals surface area contributed by atoms with Gasteiger partial charge in [-0.25, -0.2) is 13.8 Å². The average Bonchev–Trinajstić information content (AvgIpc) is 2.81. The van der Waals surface area contributed by atoms with Gasteiger partial charge in [-0.3, -0.25) is 0 Å². The minimum atomic E-state index is -0.502. The van der Waals surface area contributed by atoms with Gasteiger partial charge in [-0.05, 0) is 30.3 Å². The number of hydrogen-bond acceptors (Lipinski definition) is 2. The van der Waals surface area contributed by atoms with E-state index in [1.54, 1.807) is 28.9 Å². The Morgan fingerprint density at radius 3 is 2.85 bits per heavy atom. The van der Waals surface area contributed by atoms with Crippen LogP contribution >= 0.6 is 11.6 Å². The number of nitrogens with zero attached hydrogens (tertiary/aromatic N) is 2. The Morgan fingerprint density at radius 1 is 1.15 bits per heavy atom. The van der Waals surface area contributed by atoms with Crippen LogP contribution in [0.4, 0.5) is 14.5 Å². The van der Waals surface area contributed by atoms with Crippen LogP contribution in [-0.4, -0.2) is 9.38 Å². The Hall–Kier alpha value is -2.14. The number of anilines is 1. The van der Waals surface area contributed by atoms with Gasteiger partial charge in [-0.1, -0.05) is 11.6 Å². The van der Waals surface area contributed by atoms with E-state index in [1.165, 1.54) is 0 Å². The van der Waals surface area contributed by atoms with E-state index in [9.17, 15) is 8.78 Å². The minimum Gasteiger partial charge on any atom is -0.377 e. The van der Waals surface area contributed by atoms with E-state index in [1.807, 2.05) is 0 Å². The van der Waals surface area contributed by atoms with Crippen molar-refractivity contribution >= 4 is 22.9 Å². The monoisotopic (exact) mass is 293 g/mol. The first-order valence-corrected chi connectivity index (χ1v) is 6.32. The quantitative estimate of drug-likeness (QED) is 0.794. The summed E-state index contributed by atoms with van der Waals surface area (Å²) in [5, 5.41) is 3.42. The second-order valence-electron chi connectivity index (χ2n) is 4.32. The summed E-state index contributed by atoms with van der Waals surface area (Å²) in [7, 11) is 0. The molecule has 3 aromatic rings. The Kier molecular flexibility index (Phi) is 3.28. The molecule has 20 heavy (non-hydrogen) atoms. The molecule has 6 heteroatoms. The number of hydrogen-bond donors (Lipinski definition) is 1. The number of imidazole rings is 1. The predicted molar refractivity (Wildman–Crippen MR) is 73.9 cm³/mol. The van der Waals surface area contributed by atoms with Crippen molar-refractivity contribution in [1.82, 2.24) is 9.38 Å². The number of halogens is 3. The third kappa shape index (κ3) is 2.58. The third-order valence-corrected chi connectivity index (χ3v) is 3.08. The number of rotatable bonds is 3. The van der Waals surface area contributed by atoms with Crippen molar-refractivity contribution in [2.45, 2.75) is 6.54 Å². The maximum atomic E-state index is 13.5. The molecule has 0 saturated heterocycles. The molecule has 102 valence electrons. The molecule has 1 N–H and O–H groups in total. The van der Waals surface area contributed by atoms with Gasteiger partial charge in [0.05, 0.1) is 22.9 Å². The lowest BCUT2D eigenvalue weighted by molar-refractivity contribution is 0.602. The molecule has 2 aromatic heterocycles. The number of nitrogens with one attached hydrogen (secondary N) is 1. The van der Waals surface area contributed by atoms with Gasteiger partial charge in [-0.2, -0.15) is 0 Å². The zero-order chi connectivity index (χ0) is 14.1. The molecule has 0 aliphatic rings. The summed E-state index contributed by atoms with van der Waals surface area (Å²) in [6.07, 6.45) is 3.52. The molecule has 0 amide bonds. The highest BCUT2D eigenvalue weighted by Crippen LogP contribution is 2.17. The predicted octanol–water partition coefficient (Wildman–Crippen LogP) is 3.88. The van der Waals surface area contributed by atoms with E-state index in [0.29, 0.717) is 17.3 Å². The van der Waals surface area contributed by atoms with Crippen molar-refractivity contribution in [3.63, 3.8) is 0 Å². The van der Waals surface area contributed by atoms with Crippen LogP contribution in [0.25, 0.3) is 5.65 Å². The Labute approximate surface area is 118 Å². The van der Waals surface area contributed by atoms with Crippen LogP contribution in [0, 0.1) is 11.6 Å². The van der Waals surface area contributed by atoms with Crippen LogP contribution in [0.15, 0.2) is 42.7 Å². The highest BCUT2D eigenvalue weighted by Gasteiger charge is 2.06. The van der Waals surface area contributed by atoms with Crippen LogP contribution in [0.5, 0.6) is 0 Å². The highest BCUT2D eigenvalue weighted by molar-refractivity contribution is 6.30. The fourth-order valence-electron chi connectivity index (χ4n) is 1.92. The second kappa shape index (κ2) is 5.09. The summed E-state index contributed by atoms with van der Waals surface area (Å²) >= 11 is 5.88. The molecule has 0 saturated carbocycles. The topological polar surface area (TPSA) is 29.3 Å². The van der Waals surface area contributed by atoms with E-state index >= 15 is 0 Å². The first-order chi connectivity index (χ1) is 9.61. The number of benzene rings is 1. The normalized spacial score (nSPS) is 10.9. The van der Waals surface area contributed by atoms with Gasteiger partial charge in [0.1, 0.15) is 17.3 Å². The summed E-state index contributed by atoms with van der Waals surface area (Å²) in [6, 6.07) is 6.80. The van der Waals surface area contributed by atoms with Crippen molar-refractivity contribution in [2.75, 3.05) is 5.32 Å². The van der Waals surface area contributed by atoms with E-state index in [0.717, 1.165) is 23.8 Å². The molecule has 0 fully saturated rings. The molecule has 0 bridgehead atoms. The van der Waals surface area contributed by atoms with Gasteiger partial charge in [0, 0.05) is 12.4 Å². The molecule has 0 spiro atoms. The molecule has 0 aliphatic carbocycles. The lowest BCUT2D eigenvalue weighted by atomic mass is 10.3. The van der Waals surface area contributed by atoms with Crippen LogP contribution < -0.4 is 5.32 Å². The summed E-state index contributed by atoms with van der Waals surface area (Å²) in [4.78, 5) is 4.35. The van der Waals surface area contributed by atoms with Gasteiger partial charge in [0.15, 0.2) is 0 Å². The van der Waals surface area contributed by atoms with Gasteiger partial charge in [0.2, 0.25) is 0 Å². The van der Waals surface area contributed by atoms with Gasteiger partial charge < -0.3 is 9.72 Å². The van der Waals surface area contributed by atoms with E-state index in [-0.39, 0.29) is 5.69 Å². The first kappa shape index (κ1) is 12.9. The van der Waals surface area contributed by atoms with Crippen molar-refractivity contribution in [3.05, 3.63) is 65.1 Å². The zero-order valence-corrected chi connectivity index (χ0v) is 11.0. The van der Waals surface area contributed by atoms with Crippen LogP contribution in [0.2, 0.25) is 5.02 Å². The van der Waals surface area contributed by atoms with Crippen molar-refractivity contribution < 1.29 is 8.78 Å². The smallest absolute Gasteiger partial charge is 0.146 e. The van der Waals surface area contributed by atoms with Gasteiger partial charge in [-0.15, -0.1) is 0 Å². The SMILES string of the molecule is Fc1ccc(F)c(NCc2cn3cc(Cl)ccc3n2)c1. The number of fused-ring (bicyclic) bond motifs is 1. The molecule has 0 unspecified atom stereocenters. The standard InChI is InChI=1S/C14H10ClF2N3/c15-9-1-4-14-19-11(8-20(14)7-9)6-18-13-5-10(16)2-3-12(13)17/h1-5,7-8,18H,6H2. The fraction of sp³-hybridized carbons (Fsp3) is 0.0714. The largest absolute Gasteiger partial charge is 0.377 e. The fourth-order valence-corrected chi connectivity index (χ4v) is 2.09. The highest BCUT2D eigenvalue weighted by atomic mass is 35.5. The van der Waals surface area contributed by atoms with E-state index < -0.39 is 11.6 Å². The molecule has 1 aromatic carbocycles. The van der Waals surface area contributed by atoms with Crippen molar-refractivity contribution in [3.8, 4) is 0 Å². The first-order valence-electron chi connectivity index (χ1n) is 5.94. The summed E-state index contributed by atoms with van der Waals surface area (Å²) in [5.74, 6) is -0.992. The Balaban J connectivity index is 1.81. The van der Waals surface area contributed by atoms with Crippen LogP contribution in [0.1, 0.15) is 5.69 Å². The van der Waals surface area contributed by atoms with E-state index in [2.05, 4.69) is 10.3 Å². The maximum absolute atomic E-state index is 13.5. The molecular formula is C14H10ClF2N3. The van der Waals surface area contributed by atoms with Gasteiger partial charge >= 0.3 is 0 Å². The lowest BCUT2D eigenvalue weighted by Crippen LogP contribution is -2.02. The van der Waals surface area contributed by atoms with Crippen LogP contribution in [-0.2, 0) is 6.54 Å². The van der Waals surface area contributed by atoms with Crippen molar-refractivity contribution in [1.29, 1.82) is 0 Å². The summed E-state index contributed by atoms with van der Waals surface area (Å²) < 4.78 is 28.3. The molecular weight excluding hydrogens is 284 g/mol. The third-order valence-electron chi connectivity index (χ3n) is 2.85. The molecule has 3 nitrogen and oxygen atoms in total. The maximum Gasteiger partial charge on any atom is 0.146 e. The minimum absolute atomic E-state index is 0.111. The van der Waals surface area contributed by atoms with Crippen molar-refractivity contribution in [2.24, 2.45) is 0 Å². The Morgan fingerprint density at radius 2 is 2.00 bits per heavy atom. The van der Waals surface area contributed by atoms with E-state index in [4.69, 9.17) is 11.6 Å². The summed E-state index contributed by atoms with van der Waals surface area (Å²) in [5.41, 5.74) is 1.56. The average molecular weight is 294 g/mol.